The zero-order chi connectivity index (χ0) is 16.2. The summed E-state index contributed by atoms with van der Waals surface area (Å²) >= 11 is 0. The summed E-state index contributed by atoms with van der Waals surface area (Å²) in [6, 6.07) is 3.61. The molecule has 3 aliphatic heterocycles. The van der Waals surface area contributed by atoms with E-state index in [1.54, 1.807) is 6.07 Å². The maximum Gasteiger partial charge on any atom is 0.293 e. The van der Waals surface area contributed by atoms with E-state index < -0.39 is 0 Å². The summed E-state index contributed by atoms with van der Waals surface area (Å²) in [5.74, 6) is 0.807. The van der Waals surface area contributed by atoms with Crippen molar-refractivity contribution in [2.45, 2.75) is 38.7 Å². The lowest BCUT2D eigenvalue weighted by molar-refractivity contribution is -0.384. The van der Waals surface area contributed by atoms with Crippen LogP contribution >= 0.6 is 0 Å². The Labute approximate surface area is 136 Å². The van der Waals surface area contributed by atoms with Crippen molar-refractivity contribution in [3.05, 3.63) is 27.8 Å². The minimum Gasteiger partial charge on any atom is -0.487 e. The second kappa shape index (κ2) is 4.84. The Hall–Kier alpha value is -1.82. The van der Waals surface area contributed by atoms with Gasteiger partial charge in [0.05, 0.1) is 4.92 Å². The number of nitrogens with one attached hydrogen (secondary N) is 1. The van der Waals surface area contributed by atoms with Crippen molar-refractivity contribution in [2.24, 2.45) is 5.41 Å². The molecule has 0 aromatic heterocycles. The third-order valence-electron chi connectivity index (χ3n) is 5.52. The number of piperidine rings is 1. The van der Waals surface area contributed by atoms with Crippen LogP contribution in [-0.2, 0) is 6.42 Å². The van der Waals surface area contributed by atoms with Crippen LogP contribution in [0.1, 0.15) is 32.3 Å². The number of nitro benzene ring substituents is 1. The van der Waals surface area contributed by atoms with Crippen molar-refractivity contribution in [3.63, 3.8) is 0 Å². The molecule has 0 saturated carbocycles. The first kappa shape index (κ1) is 14.8. The highest BCUT2D eigenvalue weighted by Crippen LogP contribution is 2.44. The van der Waals surface area contributed by atoms with E-state index >= 15 is 0 Å². The highest BCUT2D eigenvalue weighted by molar-refractivity contribution is 5.69. The van der Waals surface area contributed by atoms with Crippen molar-refractivity contribution in [3.8, 4) is 5.75 Å². The summed E-state index contributed by atoms with van der Waals surface area (Å²) in [5.41, 5.74) is 2.03. The fraction of sp³-hybridized carbons (Fsp3) is 0.647. The fourth-order valence-electron chi connectivity index (χ4n) is 4.08. The van der Waals surface area contributed by atoms with E-state index in [1.807, 2.05) is 19.9 Å². The van der Waals surface area contributed by atoms with Gasteiger partial charge in [-0.25, -0.2) is 0 Å². The van der Waals surface area contributed by atoms with E-state index in [9.17, 15) is 10.1 Å². The zero-order valence-corrected chi connectivity index (χ0v) is 13.7. The lowest BCUT2D eigenvalue weighted by Crippen LogP contribution is -2.58. The number of rotatable bonds is 2. The predicted octanol–water partition coefficient (Wildman–Crippen LogP) is 2.50. The van der Waals surface area contributed by atoms with Crippen LogP contribution in [0, 0.1) is 15.5 Å². The van der Waals surface area contributed by atoms with Crippen molar-refractivity contribution < 1.29 is 9.66 Å². The summed E-state index contributed by atoms with van der Waals surface area (Å²) in [6.45, 7) is 7.98. The van der Waals surface area contributed by atoms with Gasteiger partial charge in [-0.2, -0.15) is 0 Å². The summed E-state index contributed by atoms with van der Waals surface area (Å²) in [6.07, 6.45) is 2.92. The standard InChI is InChI=1S/C17H23N3O3/c1-16(2)9-12-7-14(20(21)22)13(8-15(12)23-16)19-5-3-17(4-6-19)10-18-11-17/h7-8,18H,3-6,9-11H2,1-2H3. The molecule has 2 saturated heterocycles. The van der Waals surface area contributed by atoms with E-state index in [0.29, 0.717) is 11.1 Å². The van der Waals surface area contributed by atoms with E-state index in [1.165, 1.54) is 0 Å². The van der Waals surface area contributed by atoms with Crippen LogP contribution < -0.4 is 15.0 Å². The lowest BCUT2D eigenvalue weighted by Gasteiger charge is -2.48. The molecule has 0 atom stereocenters. The van der Waals surface area contributed by atoms with Gasteiger partial charge in [0.15, 0.2) is 0 Å². The predicted molar refractivity (Wildman–Crippen MR) is 88.3 cm³/mol. The Morgan fingerprint density at radius 3 is 2.52 bits per heavy atom. The largest absolute Gasteiger partial charge is 0.487 e. The van der Waals surface area contributed by atoms with Crippen molar-refractivity contribution in [2.75, 3.05) is 31.1 Å². The van der Waals surface area contributed by atoms with E-state index in [4.69, 9.17) is 4.74 Å². The molecule has 0 aliphatic carbocycles. The molecule has 124 valence electrons. The fourth-order valence-corrected chi connectivity index (χ4v) is 4.08. The van der Waals surface area contributed by atoms with Gasteiger partial charge in [-0.3, -0.25) is 10.1 Å². The van der Waals surface area contributed by atoms with Gasteiger partial charge in [0, 0.05) is 50.3 Å². The molecule has 2 fully saturated rings. The second-order valence-electron chi connectivity index (χ2n) is 7.83. The molecule has 3 heterocycles. The number of benzene rings is 1. The molecule has 0 unspecified atom stereocenters. The van der Waals surface area contributed by atoms with Gasteiger partial charge in [-0.15, -0.1) is 0 Å². The van der Waals surface area contributed by atoms with E-state index in [2.05, 4.69) is 10.2 Å². The van der Waals surface area contributed by atoms with Gasteiger partial charge in [-0.1, -0.05) is 0 Å². The minimum absolute atomic E-state index is 0.215. The van der Waals surface area contributed by atoms with Crippen molar-refractivity contribution >= 4 is 11.4 Å². The lowest BCUT2D eigenvalue weighted by atomic mass is 9.73. The number of hydrogen-bond acceptors (Lipinski definition) is 5. The maximum atomic E-state index is 11.5. The van der Waals surface area contributed by atoms with Crippen molar-refractivity contribution in [1.29, 1.82) is 0 Å². The molecule has 0 radical (unpaired) electrons. The second-order valence-corrected chi connectivity index (χ2v) is 7.83. The van der Waals surface area contributed by atoms with Crippen LogP contribution in [0.5, 0.6) is 5.75 Å². The SMILES string of the molecule is CC1(C)Cc2cc([N+](=O)[O-])c(N3CCC4(CC3)CNC4)cc2O1. The molecular formula is C17H23N3O3. The smallest absolute Gasteiger partial charge is 0.293 e. The molecule has 0 bridgehead atoms. The number of ether oxygens (including phenoxy) is 1. The summed E-state index contributed by atoms with van der Waals surface area (Å²) in [4.78, 5) is 13.5. The molecule has 4 rings (SSSR count). The highest BCUT2D eigenvalue weighted by Gasteiger charge is 2.41. The number of hydrogen-bond donors (Lipinski definition) is 1. The Morgan fingerprint density at radius 1 is 1.26 bits per heavy atom. The van der Waals surface area contributed by atoms with E-state index in [0.717, 1.165) is 56.8 Å². The topological polar surface area (TPSA) is 67.6 Å². The summed E-state index contributed by atoms with van der Waals surface area (Å²) in [7, 11) is 0. The number of nitro groups is 1. The van der Waals surface area contributed by atoms with Gasteiger partial charge in [0.1, 0.15) is 17.0 Å². The molecule has 1 N–H and O–H groups in total. The number of anilines is 1. The van der Waals surface area contributed by atoms with Crippen LogP contribution in [0.4, 0.5) is 11.4 Å². The van der Waals surface area contributed by atoms with Gasteiger partial charge < -0.3 is 15.0 Å². The first-order chi connectivity index (χ1) is 10.9. The van der Waals surface area contributed by atoms with Crippen LogP contribution in [0.15, 0.2) is 12.1 Å². The summed E-state index contributed by atoms with van der Waals surface area (Å²) < 4.78 is 5.97. The number of nitrogens with zero attached hydrogens (tertiary/aromatic N) is 2. The molecule has 3 aliphatic rings. The normalized spacial score (nSPS) is 24.0. The molecule has 6 heteroatoms. The highest BCUT2D eigenvalue weighted by atomic mass is 16.6. The Balaban J connectivity index is 1.64. The third kappa shape index (κ3) is 2.45. The quantitative estimate of drug-likeness (QED) is 0.670. The molecule has 6 nitrogen and oxygen atoms in total. The van der Waals surface area contributed by atoms with Gasteiger partial charge >= 0.3 is 0 Å². The first-order valence-electron chi connectivity index (χ1n) is 8.34. The van der Waals surface area contributed by atoms with Gasteiger partial charge in [0.25, 0.3) is 5.69 Å². The average molecular weight is 317 g/mol. The van der Waals surface area contributed by atoms with Crippen LogP contribution in [0.25, 0.3) is 0 Å². The van der Waals surface area contributed by atoms with Crippen LogP contribution in [-0.4, -0.2) is 36.7 Å². The van der Waals surface area contributed by atoms with E-state index in [-0.39, 0.29) is 16.2 Å². The number of fused-ring (bicyclic) bond motifs is 1. The van der Waals surface area contributed by atoms with Crippen LogP contribution in [0.2, 0.25) is 0 Å². The monoisotopic (exact) mass is 317 g/mol. The van der Waals surface area contributed by atoms with Gasteiger partial charge in [0.2, 0.25) is 0 Å². The first-order valence-corrected chi connectivity index (χ1v) is 8.34. The maximum absolute atomic E-state index is 11.5. The zero-order valence-electron chi connectivity index (χ0n) is 13.7. The average Bonchev–Trinajstić information content (AvgIpc) is 2.77. The summed E-state index contributed by atoms with van der Waals surface area (Å²) in [5, 5.41) is 14.9. The Morgan fingerprint density at radius 2 is 1.96 bits per heavy atom. The molecule has 1 aromatic carbocycles. The minimum atomic E-state index is -0.279. The van der Waals surface area contributed by atoms with Crippen LogP contribution in [0.3, 0.4) is 0 Å². The molecule has 23 heavy (non-hydrogen) atoms. The van der Waals surface area contributed by atoms with Crippen molar-refractivity contribution in [1.82, 2.24) is 5.32 Å². The molecule has 1 aromatic rings. The Kier molecular flexibility index (Phi) is 3.10. The molecular weight excluding hydrogens is 294 g/mol. The third-order valence-corrected chi connectivity index (χ3v) is 5.52. The van der Waals surface area contributed by atoms with Gasteiger partial charge in [-0.05, 0) is 32.1 Å². The Bertz CT molecular complexity index is 657. The molecule has 1 spiro atoms. The molecule has 0 amide bonds.